The fraction of sp³-hybridized carbons (Fsp3) is 0.286. The molecule has 1 aromatic heterocycles. The highest BCUT2D eigenvalue weighted by molar-refractivity contribution is 5.93. The van der Waals surface area contributed by atoms with Crippen molar-refractivity contribution in [1.29, 1.82) is 0 Å². The van der Waals surface area contributed by atoms with Crippen LogP contribution in [-0.4, -0.2) is 41.9 Å². The van der Waals surface area contributed by atoms with Crippen LogP contribution < -0.4 is 15.6 Å². The molecule has 1 aromatic carbocycles. The first kappa shape index (κ1) is 15.1. The molecule has 1 saturated heterocycles. The van der Waals surface area contributed by atoms with Gasteiger partial charge in [-0.1, -0.05) is 0 Å². The average Bonchev–Trinajstić information content (AvgIpc) is 2.55. The third-order valence-electron chi connectivity index (χ3n) is 3.83. The van der Waals surface area contributed by atoms with Crippen molar-refractivity contribution in [3.63, 3.8) is 0 Å². The number of piperazine rings is 1. The van der Waals surface area contributed by atoms with E-state index in [-0.39, 0.29) is 16.6 Å². The van der Waals surface area contributed by atoms with Gasteiger partial charge in [-0.3, -0.25) is 4.79 Å². The van der Waals surface area contributed by atoms with Crippen molar-refractivity contribution in [2.75, 3.05) is 31.1 Å². The number of nitrogens with one attached hydrogen (secondary N) is 1. The van der Waals surface area contributed by atoms with Crippen molar-refractivity contribution in [2.45, 2.75) is 0 Å². The van der Waals surface area contributed by atoms with Crippen molar-refractivity contribution in [3.05, 3.63) is 44.8 Å². The molecule has 0 unspecified atom stereocenters. The zero-order chi connectivity index (χ0) is 16.6. The maximum absolute atomic E-state index is 14.4. The van der Waals surface area contributed by atoms with E-state index in [0.717, 1.165) is 16.9 Å². The molecule has 1 aliphatic heterocycles. The highest BCUT2D eigenvalue weighted by Crippen LogP contribution is 2.25. The Kier molecular flexibility index (Phi) is 3.78. The van der Waals surface area contributed by atoms with Crippen LogP contribution in [0.1, 0.15) is 10.4 Å². The summed E-state index contributed by atoms with van der Waals surface area (Å²) < 4.78 is 15.1. The maximum Gasteiger partial charge on any atom is 0.341 e. The van der Waals surface area contributed by atoms with Gasteiger partial charge in [0.1, 0.15) is 11.4 Å². The van der Waals surface area contributed by atoms with E-state index in [2.05, 4.69) is 10.6 Å². The number of aromatic nitrogens is 1. The summed E-state index contributed by atoms with van der Waals surface area (Å²) in [6, 6.07) is 2.31. The van der Waals surface area contributed by atoms with E-state index in [1.165, 1.54) is 6.07 Å². The van der Waals surface area contributed by atoms with Crippen LogP contribution in [-0.2, 0) is 0 Å². The molecule has 0 bridgehead atoms. The molecule has 3 rings (SSSR count). The number of nitrogens with zero attached hydrogens (tertiary/aromatic N) is 3. The number of benzene rings is 1. The van der Waals surface area contributed by atoms with Gasteiger partial charge < -0.3 is 15.3 Å². The number of pyridine rings is 1. The lowest BCUT2D eigenvalue weighted by Crippen LogP contribution is -2.43. The molecule has 2 heterocycles. The number of nitroso groups, excluding NO2 is 1. The topological polar surface area (TPSA) is 104 Å². The Bertz CT molecular complexity index is 858. The van der Waals surface area contributed by atoms with Gasteiger partial charge in [-0.15, -0.1) is 4.91 Å². The van der Waals surface area contributed by atoms with E-state index < -0.39 is 22.8 Å². The fourth-order valence-corrected chi connectivity index (χ4v) is 2.69. The van der Waals surface area contributed by atoms with Crippen molar-refractivity contribution in [2.24, 2.45) is 5.29 Å². The Morgan fingerprint density at radius 1 is 1.30 bits per heavy atom. The molecule has 2 aromatic rings. The second kappa shape index (κ2) is 5.76. The lowest BCUT2D eigenvalue weighted by Gasteiger charge is -2.29. The van der Waals surface area contributed by atoms with E-state index >= 15 is 0 Å². The average molecular weight is 320 g/mol. The third kappa shape index (κ3) is 2.55. The van der Waals surface area contributed by atoms with E-state index in [1.54, 1.807) is 4.90 Å². The molecule has 1 aliphatic rings. The van der Waals surface area contributed by atoms with Gasteiger partial charge in [0, 0.05) is 26.2 Å². The van der Waals surface area contributed by atoms with Crippen LogP contribution in [0.25, 0.3) is 10.9 Å². The predicted molar refractivity (Wildman–Crippen MR) is 81.4 cm³/mol. The molecule has 8 nitrogen and oxygen atoms in total. The standard InChI is InChI=1S/C14H13FN4O4/c15-10-5-8-11(6-12(10)18-3-1-16-2-4-18)19(17-23)7-9(13(8)20)14(21)22/h5-7,16H,1-4H2,(H,21,22). The summed E-state index contributed by atoms with van der Waals surface area (Å²) in [6.07, 6.45) is 0.847. The number of carboxylic acids is 1. The summed E-state index contributed by atoms with van der Waals surface area (Å²) >= 11 is 0. The number of fused-ring (bicyclic) bond motifs is 1. The Morgan fingerprint density at radius 3 is 2.61 bits per heavy atom. The van der Waals surface area contributed by atoms with Gasteiger partial charge in [-0.2, -0.15) is 0 Å². The molecule has 0 spiro atoms. The number of rotatable bonds is 3. The number of carboxylic acid groups (broad SMARTS) is 1. The van der Waals surface area contributed by atoms with Gasteiger partial charge in [-0.05, 0) is 12.1 Å². The molecule has 1 fully saturated rings. The number of hydrogen-bond donors (Lipinski definition) is 2. The molecule has 9 heteroatoms. The monoisotopic (exact) mass is 320 g/mol. The fourth-order valence-electron chi connectivity index (χ4n) is 2.69. The van der Waals surface area contributed by atoms with Gasteiger partial charge in [-0.25, -0.2) is 13.9 Å². The molecule has 0 radical (unpaired) electrons. The molecule has 0 saturated carbocycles. The Balaban J connectivity index is 2.26. The second-order valence-electron chi connectivity index (χ2n) is 5.16. The van der Waals surface area contributed by atoms with Gasteiger partial charge in [0.15, 0.2) is 0 Å². The Labute approximate surface area is 129 Å². The van der Waals surface area contributed by atoms with E-state index in [0.29, 0.717) is 26.2 Å². The summed E-state index contributed by atoms with van der Waals surface area (Å²) in [5.41, 5.74) is -1.16. The molecular formula is C14H13FN4O4. The molecule has 0 amide bonds. The van der Waals surface area contributed by atoms with Gasteiger partial charge in [0.2, 0.25) is 5.43 Å². The Morgan fingerprint density at radius 2 is 2.00 bits per heavy atom. The molecule has 2 N–H and O–H groups in total. The van der Waals surface area contributed by atoms with Gasteiger partial charge in [0.05, 0.1) is 28.1 Å². The molecular weight excluding hydrogens is 307 g/mol. The summed E-state index contributed by atoms with van der Waals surface area (Å²) in [6.45, 7) is 2.53. The predicted octanol–water partition coefficient (Wildman–Crippen LogP) is 0.778. The van der Waals surface area contributed by atoms with E-state index in [9.17, 15) is 18.9 Å². The van der Waals surface area contributed by atoms with E-state index in [1.807, 2.05) is 0 Å². The van der Waals surface area contributed by atoms with Gasteiger partial charge in [0.25, 0.3) is 0 Å². The van der Waals surface area contributed by atoms with Crippen molar-refractivity contribution in [1.82, 2.24) is 9.99 Å². The second-order valence-corrected chi connectivity index (χ2v) is 5.16. The summed E-state index contributed by atoms with van der Waals surface area (Å²) in [4.78, 5) is 36.0. The van der Waals surface area contributed by atoms with Gasteiger partial charge >= 0.3 is 5.97 Å². The normalized spacial score (nSPS) is 14.9. The lowest BCUT2D eigenvalue weighted by atomic mass is 10.1. The minimum Gasteiger partial charge on any atom is -0.477 e. The third-order valence-corrected chi connectivity index (χ3v) is 3.83. The first-order chi connectivity index (χ1) is 11.0. The van der Waals surface area contributed by atoms with Crippen LogP contribution in [0.4, 0.5) is 10.1 Å². The quantitative estimate of drug-likeness (QED) is 0.810. The summed E-state index contributed by atoms with van der Waals surface area (Å²) in [5.74, 6) is -2.14. The molecule has 120 valence electrons. The smallest absolute Gasteiger partial charge is 0.341 e. The summed E-state index contributed by atoms with van der Waals surface area (Å²) in [5, 5.41) is 14.7. The van der Waals surface area contributed by atoms with Crippen molar-refractivity contribution < 1.29 is 14.3 Å². The zero-order valence-electron chi connectivity index (χ0n) is 12.0. The highest BCUT2D eigenvalue weighted by Gasteiger charge is 2.20. The minimum absolute atomic E-state index is 0.0740. The number of aromatic carboxylic acids is 1. The number of carbonyl (C=O) groups is 1. The largest absolute Gasteiger partial charge is 0.477 e. The van der Waals surface area contributed by atoms with Crippen molar-refractivity contribution >= 4 is 22.6 Å². The highest BCUT2D eigenvalue weighted by atomic mass is 19.1. The first-order valence-corrected chi connectivity index (χ1v) is 6.94. The first-order valence-electron chi connectivity index (χ1n) is 6.94. The van der Waals surface area contributed by atoms with Crippen LogP contribution in [0.15, 0.2) is 28.4 Å². The molecule has 0 aliphatic carbocycles. The Hall–Kier alpha value is -2.81. The SMILES string of the molecule is O=Nn1cc(C(=O)O)c(=O)c2cc(F)c(N3CCNCC3)cc21. The number of hydrogen-bond acceptors (Lipinski definition) is 6. The minimum atomic E-state index is -1.50. The number of halogens is 1. The number of anilines is 1. The lowest BCUT2D eigenvalue weighted by molar-refractivity contribution is 0.0695. The van der Waals surface area contributed by atoms with Crippen LogP contribution in [0.2, 0.25) is 0 Å². The summed E-state index contributed by atoms with van der Waals surface area (Å²) in [7, 11) is 0. The van der Waals surface area contributed by atoms with Crippen LogP contribution >= 0.6 is 0 Å². The molecule has 0 atom stereocenters. The maximum atomic E-state index is 14.4. The van der Waals surface area contributed by atoms with E-state index in [4.69, 9.17) is 5.11 Å². The van der Waals surface area contributed by atoms with Crippen LogP contribution in [0, 0.1) is 10.7 Å². The van der Waals surface area contributed by atoms with Crippen molar-refractivity contribution in [3.8, 4) is 0 Å². The molecule has 23 heavy (non-hydrogen) atoms. The van der Waals surface area contributed by atoms with Crippen LogP contribution in [0.5, 0.6) is 0 Å². The zero-order valence-corrected chi connectivity index (χ0v) is 12.0. The van der Waals surface area contributed by atoms with Crippen LogP contribution in [0.3, 0.4) is 0 Å².